The molecule has 2 unspecified atom stereocenters. The van der Waals surface area contributed by atoms with Crippen LogP contribution in [0.15, 0.2) is 30.3 Å². The third kappa shape index (κ3) is 4.71. The Hall–Kier alpha value is -1.06. The van der Waals surface area contributed by atoms with Crippen LogP contribution in [0.4, 0.5) is 0 Å². The van der Waals surface area contributed by atoms with Crippen molar-refractivity contribution < 1.29 is 4.79 Å². The van der Waals surface area contributed by atoms with Gasteiger partial charge in [0.15, 0.2) is 0 Å². The van der Waals surface area contributed by atoms with Gasteiger partial charge in [0.25, 0.3) is 0 Å². The number of hydrogen-bond donors (Lipinski definition) is 1. The number of benzene rings is 1. The van der Waals surface area contributed by atoms with Crippen LogP contribution in [0, 0.1) is 5.92 Å². The van der Waals surface area contributed by atoms with Crippen LogP contribution in [0.1, 0.15) is 51.5 Å². The summed E-state index contributed by atoms with van der Waals surface area (Å²) in [5, 5.41) is 3.66. The Balaban J connectivity index is 0.00000192. The van der Waals surface area contributed by atoms with Crippen molar-refractivity contribution in [3.05, 3.63) is 35.9 Å². The van der Waals surface area contributed by atoms with Crippen molar-refractivity contribution in [1.82, 2.24) is 10.2 Å². The van der Waals surface area contributed by atoms with Crippen LogP contribution in [-0.4, -0.2) is 28.9 Å². The van der Waals surface area contributed by atoms with Gasteiger partial charge < -0.3 is 10.2 Å². The molecule has 1 aromatic carbocycles. The first-order valence-corrected chi connectivity index (χ1v) is 8.71. The summed E-state index contributed by atoms with van der Waals surface area (Å²) in [7, 11) is 0. The van der Waals surface area contributed by atoms with Crippen LogP contribution < -0.4 is 5.32 Å². The van der Waals surface area contributed by atoms with Crippen LogP contribution in [0.5, 0.6) is 0 Å². The van der Waals surface area contributed by atoms with Crippen LogP contribution in [-0.2, 0) is 11.3 Å². The number of hydrogen-bond acceptors (Lipinski definition) is 2. The van der Waals surface area contributed by atoms with Gasteiger partial charge in [0.05, 0.1) is 0 Å². The van der Waals surface area contributed by atoms with Gasteiger partial charge in [0.1, 0.15) is 0 Å². The lowest BCUT2D eigenvalue weighted by molar-refractivity contribution is -0.134. The SMILES string of the molecule is CC(C)N(Cc1ccccc1)C(=O)CC1CC2CCC(C1)N2.Cl. The molecule has 0 saturated carbocycles. The maximum Gasteiger partial charge on any atom is 0.223 e. The molecule has 2 fully saturated rings. The summed E-state index contributed by atoms with van der Waals surface area (Å²) in [5.41, 5.74) is 1.22. The van der Waals surface area contributed by atoms with Crippen molar-refractivity contribution in [3.8, 4) is 0 Å². The molecule has 2 saturated heterocycles. The first-order chi connectivity index (χ1) is 10.6. The Morgan fingerprint density at radius 3 is 2.35 bits per heavy atom. The summed E-state index contributed by atoms with van der Waals surface area (Å²) in [6.07, 6.45) is 5.68. The predicted molar refractivity (Wildman–Crippen MR) is 96.7 cm³/mol. The molecular weight excluding hydrogens is 308 g/mol. The highest BCUT2D eigenvalue weighted by Gasteiger charge is 2.35. The molecule has 2 aliphatic heterocycles. The second-order valence-electron chi connectivity index (χ2n) is 7.28. The number of fused-ring (bicyclic) bond motifs is 2. The molecule has 0 aliphatic carbocycles. The Kier molecular flexibility index (Phi) is 6.49. The highest BCUT2D eigenvalue weighted by molar-refractivity contribution is 5.85. The Morgan fingerprint density at radius 2 is 1.78 bits per heavy atom. The van der Waals surface area contributed by atoms with Gasteiger partial charge in [-0.2, -0.15) is 0 Å². The summed E-state index contributed by atoms with van der Waals surface area (Å²) < 4.78 is 0. The Morgan fingerprint density at radius 1 is 1.17 bits per heavy atom. The minimum absolute atomic E-state index is 0. The average Bonchev–Trinajstić information content (AvgIpc) is 2.84. The number of carbonyl (C=O) groups is 1. The molecule has 0 spiro atoms. The highest BCUT2D eigenvalue weighted by atomic mass is 35.5. The van der Waals surface area contributed by atoms with E-state index in [2.05, 4.69) is 31.3 Å². The first-order valence-electron chi connectivity index (χ1n) is 8.71. The lowest BCUT2D eigenvalue weighted by Gasteiger charge is -2.32. The van der Waals surface area contributed by atoms with Gasteiger partial charge in [-0.05, 0) is 51.0 Å². The van der Waals surface area contributed by atoms with Crippen LogP contribution in [0.25, 0.3) is 0 Å². The van der Waals surface area contributed by atoms with E-state index >= 15 is 0 Å². The van der Waals surface area contributed by atoms with Gasteiger partial charge in [-0.1, -0.05) is 30.3 Å². The van der Waals surface area contributed by atoms with Gasteiger partial charge >= 0.3 is 0 Å². The molecule has 2 bridgehead atoms. The minimum Gasteiger partial charge on any atom is -0.336 e. The van der Waals surface area contributed by atoms with E-state index in [0.717, 1.165) is 13.0 Å². The molecule has 1 aromatic rings. The molecule has 4 heteroatoms. The normalized spacial score (nSPS) is 26.0. The Labute approximate surface area is 146 Å². The summed E-state index contributed by atoms with van der Waals surface area (Å²) in [6, 6.07) is 11.9. The van der Waals surface area contributed by atoms with Gasteiger partial charge in [-0.25, -0.2) is 0 Å². The fourth-order valence-corrected chi connectivity index (χ4v) is 4.04. The largest absolute Gasteiger partial charge is 0.336 e. The molecule has 23 heavy (non-hydrogen) atoms. The molecule has 0 radical (unpaired) electrons. The molecule has 2 atom stereocenters. The van der Waals surface area contributed by atoms with Gasteiger partial charge in [0, 0.05) is 31.1 Å². The molecule has 2 aliphatic rings. The fraction of sp³-hybridized carbons (Fsp3) is 0.632. The van der Waals surface area contributed by atoms with Crippen LogP contribution >= 0.6 is 12.4 Å². The van der Waals surface area contributed by atoms with Crippen molar-refractivity contribution in [3.63, 3.8) is 0 Å². The number of nitrogens with zero attached hydrogens (tertiary/aromatic N) is 1. The minimum atomic E-state index is 0. The molecule has 0 aromatic heterocycles. The van der Waals surface area contributed by atoms with Crippen molar-refractivity contribution in [2.45, 2.75) is 70.6 Å². The zero-order valence-corrected chi connectivity index (χ0v) is 15.0. The van der Waals surface area contributed by atoms with Crippen molar-refractivity contribution in [2.24, 2.45) is 5.92 Å². The summed E-state index contributed by atoms with van der Waals surface area (Å²) in [6.45, 7) is 4.97. The highest BCUT2D eigenvalue weighted by Crippen LogP contribution is 2.33. The number of carbonyl (C=O) groups excluding carboxylic acids is 1. The monoisotopic (exact) mass is 336 g/mol. The smallest absolute Gasteiger partial charge is 0.223 e. The van der Waals surface area contributed by atoms with E-state index in [0.29, 0.717) is 23.9 Å². The van der Waals surface area contributed by atoms with E-state index in [1.165, 1.54) is 31.2 Å². The lowest BCUT2D eigenvalue weighted by Crippen LogP contribution is -2.42. The number of rotatable bonds is 5. The van der Waals surface area contributed by atoms with Gasteiger partial charge in [-0.15, -0.1) is 12.4 Å². The van der Waals surface area contributed by atoms with Crippen molar-refractivity contribution >= 4 is 18.3 Å². The summed E-state index contributed by atoms with van der Waals surface area (Å²) in [4.78, 5) is 14.8. The maximum atomic E-state index is 12.8. The molecule has 3 nitrogen and oxygen atoms in total. The number of amides is 1. The van der Waals surface area contributed by atoms with E-state index in [4.69, 9.17) is 0 Å². The Bertz CT molecular complexity index is 493. The topological polar surface area (TPSA) is 32.3 Å². The standard InChI is InChI=1S/C19H28N2O.ClH/c1-14(2)21(13-15-6-4-3-5-7-15)19(22)12-16-10-17-8-9-18(11-16)20-17;/h3-7,14,16-18,20H,8-13H2,1-2H3;1H. The van der Waals surface area contributed by atoms with Crippen molar-refractivity contribution in [2.75, 3.05) is 0 Å². The van der Waals surface area contributed by atoms with E-state index in [-0.39, 0.29) is 18.4 Å². The zero-order valence-electron chi connectivity index (χ0n) is 14.2. The van der Waals surface area contributed by atoms with E-state index in [1.807, 2.05) is 23.1 Å². The number of piperidine rings is 1. The lowest BCUT2D eigenvalue weighted by atomic mass is 9.89. The molecular formula is C19H29ClN2O. The molecule has 3 rings (SSSR count). The van der Waals surface area contributed by atoms with E-state index in [1.54, 1.807) is 0 Å². The summed E-state index contributed by atoms with van der Waals surface area (Å²) in [5.74, 6) is 0.897. The van der Waals surface area contributed by atoms with Crippen molar-refractivity contribution in [1.29, 1.82) is 0 Å². The molecule has 2 heterocycles. The zero-order chi connectivity index (χ0) is 15.5. The third-order valence-electron chi connectivity index (χ3n) is 5.17. The first kappa shape index (κ1) is 18.3. The quantitative estimate of drug-likeness (QED) is 0.887. The van der Waals surface area contributed by atoms with Gasteiger partial charge in [0.2, 0.25) is 5.91 Å². The summed E-state index contributed by atoms with van der Waals surface area (Å²) >= 11 is 0. The van der Waals surface area contributed by atoms with Gasteiger partial charge in [-0.3, -0.25) is 4.79 Å². The van der Waals surface area contributed by atoms with Crippen LogP contribution in [0.3, 0.4) is 0 Å². The van der Waals surface area contributed by atoms with Crippen LogP contribution in [0.2, 0.25) is 0 Å². The second-order valence-corrected chi connectivity index (χ2v) is 7.28. The fourth-order valence-electron chi connectivity index (χ4n) is 4.04. The maximum absolute atomic E-state index is 12.8. The number of halogens is 1. The van der Waals surface area contributed by atoms with E-state index in [9.17, 15) is 4.79 Å². The predicted octanol–water partition coefficient (Wildman–Crippen LogP) is 3.77. The molecule has 1 N–H and O–H groups in total. The molecule has 128 valence electrons. The second kappa shape index (κ2) is 8.16. The third-order valence-corrected chi connectivity index (χ3v) is 5.17. The molecule has 1 amide bonds. The van der Waals surface area contributed by atoms with E-state index < -0.39 is 0 Å². The average molecular weight is 337 g/mol. The number of nitrogens with one attached hydrogen (secondary N) is 1.